The average Bonchev–Trinajstić information content (AvgIpc) is 2.71. The lowest BCUT2D eigenvalue weighted by molar-refractivity contribution is -0.152. The van der Waals surface area contributed by atoms with Crippen LogP contribution < -0.4 is 5.32 Å². The number of hydrogen-bond acceptors (Lipinski definition) is 5. The van der Waals surface area contributed by atoms with Crippen LogP contribution in [0.5, 0.6) is 0 Å². The molecule has 0 aliphatic heterocycles. The predicted octanol–water partition coefficient (Wildman–Crippen LogP) is 3.30. The van der Waals surface area contributed by atoms with E-state index in [1.54, 1.807) is 19.9 Å². The first-order valence-electron chi connectivity index (χ1n) is 8.59. The van der Waals surface area contributed by atoms with Crippen LogP contribution in [0.25, 0.3) is 11.0 Å². The summed E-state index contributed by atoms with van der Waals surface area (Å²) in [6.07, 6.45) is 1.44. The molecular weight excluding hydrogens is 342 g/mol. The van der Waals surface area contributed by atoms with Gasteiger partial charge in [-0.3, -0.25) is 14.6 Å². The fourth-order valence-corrected chi connectivity index (χ4v) is 2.98. The van der Waals surface area contributed by atoms with Gasteiger partial charge in [-0.25, -0.2) is 4.98 Å². The summed E-state index contributed by atoms with van der Waals surface area (Å²) in [6, 6.07) is 16.1. The molecule has 0 unspecified atom stereocenters. The molecule has 3 aromatic rings. The second kappa shape index (κ2) is 7.53. The van der Waals surface area contributed by atoms with Gasteiger partial charge in [0.25, 0.3) is 5.91 Å². The fraction of sp³-hybridized carbons (Fsp3) is 0.238. The molecule has 138 valence electrons. The van der Waals surface area contributed by atoms with Crippen LogP contribution in [0.1, 0.15) is 35.9 Å². The first-order chi connectivity index (χ1) is 12.9. The molecule has 1 aromatic heterocycles. The monoisotopic (exact) mass is 363 g/mol. The number of methoxy groups -OCH3 is 1. The molecule has 1 atom stereocenters. The minimum atomic E-state index is -0.976. The van der Waals surface area contributed by atoms with Crippen molar-refractivity contribution in [3.63, 3.8) is 0 Å². The van der Waals surface area contributed by atoms with E-state index in [-0.39, 0.29) is 5.69 Å². The van der Waals surface area contributed by atoms with E-state index >= 15 is 0 Å². The molecule has 27 heavy (non-hydrogen) atoms. The van der Waals surface area contributed by atoms with E-state index in [0.717, 1.165) is 5.56 Å². The van der Waals surface area contributed by atoms with Crippen LogP contribution in [0.15, 0.2) is 60.8 Å². The first kappa shape index (κ1) is 18.5. The number of rotatable bonds is 5. The largest absolute Gasteiger partial charge is 0.469 e. The number of nitrogens with one attached hydrogen (secondary N) is 1. The highest BCUT2D eigenvalue weighted by molar-refractivity contribution is 5.94. The van der Waals surface area contributed by atoms with Gasteiger partial charge < -0.3 is 10.1 Å². The molecule has 0 fully saturated rings. The predicted molar refractivity (Wildman–Crippen MR) is 102 cm³/mol. The van der Waals surface area contributed by atoms with Crippen LogP contribution in [0.4, 0.5) is 0 Å². The SMILES string of the molecule is COC(=O)C(C)(C)[C@@H](NC(=O)c1cnc2ccccc2n1)c1ccccc1. The maximum atomic E-state index is 12.9. The maximum Gasteiger partial charge on any atom is 0.313 e. The van der Waals surface area contributed by atoms with Crippen LogP contribution in [-0.2, 0) is 9.53 Å². The summed E-state index contributed by atoms with van der Waals surface area (Å²) in [4.78, 5) is 33.9. The molecule has 0 saturated carbocycles. The molecular formula is C21H21N3O3. The number of ether oxygens (including phenoxy) is 1. The van der Waals surface area contributed by atoms with Gasteiger partial charge in [0.05, 0.1) is 35.8 Å². The number of benzene rings is 2. The fourth-order valence-electron chi connectivity index (χ4n) is 2.98. The number of nitrogens with zero attached hydrogens (tertiary/aromatic N) is 2. The molecule has 1 N–H and O–H groups in total. The molecule has 0 aliphatic carbocycles. The van der Waals surface area contributed by atoms with Crippen molar-refractivity contribution in [2.24, 2.45) is 5.41 Å². The van der Waals surface area contributed by atoms with E-state index in [1.165, 1.54) is 13.3 Å². The Kier molecular flexibility index (Phi) is 5.16. The molecule has 0 radical (unpaired) electrons. The molecule has 0 saturated heterocycles. The zero-order valence-electron chi connectivity index (χ0n) is 15.5. The zero-order valence-corrected chi connectivity index (χ0v) is 15.5. The van der Waals surface area contributed by atoms with Crippen LogP contribution in [-0.4, -0.2) is 29.0 Å². The summed E-state index contributed by atoms with van der Waals surface area (Å²) in [5, 5.41) is 2.93. The van der Waals surface area contributed by atoms with Crippen molar-refractivity contribution in [3.8, 4) is 0 Å². The third kappa shape index (κ3) is 3.79. The van der Waals surface area contributed by atoms with Crippen molar-refractivity contribution in [1.29, 1.82) is 0 Å². The quantitative estimate of drug-likeness (QED) is 0.704. The van der Waals surface area contributed by atoms with Crippen molar-refractivity contribution in [2.75, 3.05) is 7.11 Å². The minimum absolute atomic E-state index is 0.190. The van der Waals surface area contributed by atoms with Crippen molar-refractivity contribution < 1.29 is 14.3 Å². The van der Waals surface area contributed by atoms with E-state index in [4.69, 9.17) is 4.74 Å². The van der Waals surface area contributed by atoms with Gasteiger partial charge in [-0.1, -0.05) is 42.5 Å². The summed E-state index contributed by atoms with van der Waals surface area (Å²) in [5.41, 5.74) is 1.36. The summed E-state index contributed by atoms with van der Waals surface area (Å²) >= 11 is 0. The Labute approximate surface area is 157 Å². The van der Waals surface area contributed by atoms with Crippen LogP contribution >= 0.6 is 0 Å². The minimum Gasteiger partial charge on any atom is -0.469 e. The summed E-state index contributed by atoms with van der Waals surface area (Å²) < 4.78 is 4.94. The molecule has 6 heteroatoms. The highest BCUT2D eigenvalue weighted by atomic mass is 16.5. The molecule has 2 aromatic carbocycles. The van der Waals surface area contributed by atoms with Gasteiger partial charge in [0.2, 0.25) is 0 Å². The molecule has 1 amide bonds. The van der Waals surface area contributed by atoms with E-state index < -0.39 is 23.3 Å². The van der Waals surface area contributed by atoms with Gasteiger partial charge in [-0.2, -0.15) is 0 Å². The van der Waals surface area contributed by atoms with Crippen LogP contribution in [0.2, 0.25) is 0 Å². The second-order valence-corrected chi connectivity index (χ2v) is 6.77. The summed E-state index contributed by atoms with van der Waals surface area (Å²) in [6.45, 7) is 3.48. The molecule has 1 heterocycles. The summed E-state index contributed by atoms with van der Waals surface area (Å²) in [5.74, 6) is -0.819. The third-order valence-corrected chi connectivity index (χ3v) is 4.52. The van der Waals surface area contributed by atoms with Gasteiger partial charge in [-0.15, -0.1) is 0 Å². The topological polar surface area (TPSA) is 81.2 Å². The lowest BCUT2D eigenvalue weighted by atomic mass is 9.80. The van der Waals surface area contributed by atoms with Crippen molar-refractivity contribution in [2.45, 2.75) is 19.9 Å². The van der Waals surface area contributed by atoms with Crippen LogP contribution in [0.3, 0.4) is 0 Å². The highest BCUT2D eigenvalue weighted by Crippen LogP contribution is 2.34. The smallest absolute Gasteiger partial charge is 0.313 e. The van der Waals surface area contributed by atoms with Gasteiger partial charge in [0, 0.05) is 0 Å². The van der Waals surface area contributed by atoms with Gasteiger partial charge in [0.15, 0.2) is 0 Å². The number of amides is 1. The maximum absolute atomic E-state index is 12.9. The van der Waals surface area contributed by atoms with Gasteiger partial charge in [-0.05, 0) is 31.5 Å². The first-order valence-corrected chi connectivity index (χ1v) is 8.59. The Morgan fingerprint density at radius 3 is 2.30 bits per heavy atom. The van der Waals surface area contributed by atoms with Gasteiger partial charge in [0.1, 0.15) is 5.69 Å². The van der Waals surface area contributed by atoms with Crippen molar-refractivity contribution in [1.82, 2.24) is 15.3 Å². The number of aromatic nitrogens is 2. The second-order valence-electron chi connectivity index (χ2n) is 6.77. The lowest BCUT2D eigenvalue weighted by Gasteiger charge is -2.32. The highest BCUT2D eigenvalue weighted by Gasteiger charge is 2.40. The van der Waals surface area contributed by atoms with E-state index in [2.05, 4.69) is 15.3 Å². The number of hydrogen-bond donors (Lipinski definition) is 1. The standard InChI is InChI=1S/C21H21N3O3/c1-21(2,20(26)27-3)18(14-9-5-4-6-10-14)24-19(25)17-13-22-15-11-7-8-12-16(15)23-17/h4-13,18H,1-3H3,(H,24,25)/t18-/m0/s1. The van der Waals surface area contributed by atoms with E-state index in [9.17, 15) is 9.59 Å². The lowest BCUT2D eigenvalue weighted by Crippen LogP contribution is -2.43. The average molecular weight is 363 g/mol. The number of para-hydroxylation sites is 2. The Bertz CT molecular complexity index is 971. The Morgan fingerprint density at radius 1 is 1.00 bits per heavy atom. The van der Waals surface area contributed by atoms with Crippen molar-refractivity contribution >= 4 is 22.9 Å². The van der Waals surface area contributed by atoms with Crippen molar-refractivity contribution in [3.05, 3.63) is 72.1 Å². The normalized spacial score (nSPS) is 12.4. The molecule has 0 aliphatic rings. The van der Waals surface area contributed by atoms with Crippen LogP contribution in [0, 0.1) is 5.41 Å². The number of carbonyl (C=O) groups is 2. The number of esters is 1. The molecule has 3 rings (SSSR count). The molecule has 6 nitrogen and oxygen atoms in total. The third-order valence-electron chi connectivity index (χ3n) is 4.52. The zero-order chi connectivity index (χ0) is 19.4. The molecule has 0 spiro atoms. The van der Waals surface area contributed by atoms with E-state index in [0.29, 0.717) is 11.0 Å². The summed E-state index contributed by atoms with van der Waals surface area (Å²) in [7, 11) is 1.34. The van der Waals surface area contributed by atoms with Gasteiger partial charge >= 0.3 is 5.97 Å². The Morgan fingerprint density at radius 2 is 1.63 bits per heavy atom. The van der Waals surface area contributed by atoms with E-state index in [1.807, 2.05) is 48.5 Å². The number of fused-ring (bicyclic) bond motifs is 1. The number of carbonyl (C=O) groups excluding carboxylic acids is 2. The molecule has 0 bridgehead atoms. The Hall–Kier alpha value is -3.28. The Balaban J connectivity index is 1.95.